The van der Waals surface area contributed by atoms with E-state index in [1.807, 2.05) is 18.2 Å². The van der Waals surface area contributed by atoms with Crippen molar-refractivity contribution in [2.24, 2.45) is 0 Å². The van der Waals surface area contributed by atoms with Gasteiger partial charge in [0, 0.05) is 55.2 Å². The molecule has 0 bridgehead atoms. The molecule has 1 amide bonds. The van der Waals surface area contributed by atoms with E-state index in [1.54, 1.807) is 11.3 Å². The van der Waals surface area contributed by atoms with Crippen molar-refractivity contribution in [2.75, 3.05) is 49.6 Å². The second-order valence-corrected chi connectivity index (χ2v) is 10.2. The molecule has 0 aliphatic carbocycles. The lowest BCUT2D eigenvalue weighted by atomic mass is 10.2. The van der Waals surface area contributed by atoms with E-state index in [1.165, 1.54) is 5.69 Å². The number of benzene rings is 2. The van der Waals surface area contributed by atoms with Crippen LogP contribution in [0.25, 0.3) is 10.2 Å². The molecule has 0 unspecified atom stereocenters. The molecule has 2 aromatic carbocycles. The van der Waals surface area contributed by atoms with Crippen molar-refractivity contribution >= 4 is 44.0 Å². The molecule has 1 aromatic heterocycles. The molecule has 34 heavy (non-hydrogen) atoms. The molecule has 1 aliphatic heterocycles. The first kappa shape index (κ1) is 24.4. The molecule has 2 N–H and O–H groups in total. The van der Waals surface area contributed by atoms with E-state index < -0.39 is 0 Å². The Morgan fingerprint density at radius 3 is 2.47 bits per heavy atom. The number of amides is 1. The van der Waals surface area contributed by atoms with Gasteiger partial charge in [-0.2, -0.15) is 0 Å². The Balaban J connectivity index is 1.36. The molecule has 3 aromatic rings. The van der Waals surface area contributed by atoms with Gasteiger partial charge < -0.3 is 20.3 Å². The Bertz CT molecular complexity index is 1080. The summed E-state index contributed by atoms with van der Waals surface area (Å²) in [6.07, 6.45) is 0. The zero-order chi connectivity index (χ0) is 24.1. The standard InChI is InChI=1S/C26H35N5O2S/c1-18(2)31(19(3)4)12-11-27-25(32)20-5-10-23-24(17-20)34-26(29-23)28-21-6-8-22(9-7-21)30-13-15-33-16-14-30/h5-10,17-19H,11-16H2,1-4H3,(H,27,32)(H,28,29). The molecule has 4 rings (SSSR count). The molecule has 2 heterocycles. The van der Waals surface area contributed by atoms with Crippen LogP contribution in [0, 0.1) is 0 Å². The smallest absolute Gasteiger partial charge is 0.251 e. The Hall–Kier alpha value is -2.68. The highest BCUT2D eigenvalue weighted by molar-refractivity contribution is 7.22. The van der Waals surface area contributed by atoms with Crippen LogP contribution in [0.3, 0.4) is 0 Å². The number of rotatable bonds is 9. The topological polar surface area (TPSA) is 69.7 Å². The number of carbonyl (C=O) groups excluding carboxylic acids is 1. The number of morpholine rings is 1. The number of nitrogens with zero attached hydrogens (tertiary/aromatic N) is 3. The largest absolute Gasteiger partial charge is 0.378 e. The zero-order valence-corrected chi connectivity index (χ0v) is 21.3. The second-order valence-electron chi connectivity index (χ2n) is 9.15. The SMILES string of the molecule is CC(C)N(CCNC(=O)c1ccc2nc(Nc3ccc(N4CCOCC4)cc3)sc2c1)C(C)C. The first-order valence-corrected chi connectivity index (χ1v) is 12.9. The van der Waals surface area contributed by atoms with Crippen LogP contribution in [0.15, 0.2) is 42.5 Å². The van der Waals surface area contributed by atoms with Crippen molar-refractivity contribution in [3.05, 3.63) is 48.0 Å². The maximum atomic E-state index is 12.7. The summed E-state index contributed by atoms with van der Waals surface area (Å²) in [4.78, 5) is 22.1. The maximum Gasteiger partial charge on any atom is 0.251 e. The third-order valence-corrected chi connectivity index (χ3v) is 7.06. The summed E-state index contributed by atoms with van der Waals surface area (Å²) in [6.45, 7) is 13.6. The molecule has 7 nitrogen and oxygen atoms in total. The lowest BCUT2D eigenvalue weighted by Crippen LogP contribution is -2.42. The van der Waals surface area contributed by atoms with Crippen molar-refractivity contribution in [3.8, 4) is 0 Å². The van der Waals surface area contributed by atoms with Crippen LogP contribution in [0.2, 0.25) is 0 Å². The summed E-state index contributed by atoms with van der Waals surface area (Å²) >= 11 is 1.56. The minimum Gasteiger partial charge on any atom is -0.378 e. The van der Waals surface area contributed by atoms with Gasteiger partial charge >= 0.3 is 0 Å². The summed E-state index contributed by atoms with van der Waals surface area (Å²) in [7, 11) is 0. The van der Waals surface area contributed by atoms with E-state index in [2.05, 4.69) is 77.4 Å². The van der Waals surface area contributed by atoms with Gasteiger partial charge in [0.2, 0.25) is 0 Å². The van der Waals surface area contributed by atoms with Gasteiger partial charge in [0.25, 0.3) is 5.91 Å². The third kappa shape index (κ3) is 6.05. The van der Waals surface area contributed by atoms with Gasteiger partial charge in [0.05, 0.1) is 23.4 Å². The summed E-state index contributed by atoms with van der Waals surface area (Å²) < 4.78 is 6.43. The normalized spacial score (nSPS) is 14.4. The average Bonchev–Trinajstić information content (AvgIpc) is 3.23. The molecule has 0 spiro atoms. The Morgan fingerprint density at radius 2 is 1.79 bits per heavy atom. The summed E-state index contributed by atoms with van der Waals surface area (Å²) in [5.74, 6) is -0.0454. The molecule has 0 radical (unpaired) electrons. The van der Waals surface area contributed by atoms with E-state index in [9.17, 15) is 4.79 Å². The Kier molecular flexibility index (Phi) is 8.03. The lowest BCUT2D eigenvalue weighted by molar-refractivity contribution is 0.0939. The fourth-order valence-corrected chi connectivity index (χ4v) is 5.26. The average molecular weight is 482 g/mol. The van der Waals surface area contributed by atoms with Gasteiger partial charge in [-0.15, -0.1) is 0 Å². The lowest BCUT2D eigenvalue weighted by Gasteiger charge is -2.30. The quantitative estimate of drug-likeness (QED) is 0.461. The molecular formula is C26H35N5O2S. The minimum atomic E-state index is -0.0454. The summed E-state index contributed by atoms with van der Waals surface area (Å²) in [6, 6.07) is 15.0. The maximum absolute atomic E-state index is 12.7. The highest BCUT2D eigenvalue weighted by Gasteiger charge is 2.15. The molecular weight excluding hydrogens is 446 g/mol. The predicted molar refractivity (Wildman–Crippen MR) is 142 cm³/mol. The van der Waals surface area contributed by atoms with Crippen LogP contribution < -0.4 is 15.5 Å². The van der Waals surface area contributed by atoms with Crippen LogP contribution in [0.1, 0.15) is 38.1 Å². The summed E-state index contributed by atoms with van der Waals surface area (Å²) in [5.41, 5.74) is 3.76. The van der Waals surface area contributed by atoms with E-state index >= 15 is 0 Å². The molecule has 8 heteroatoms. The van der Waals surface area contributed by atoms with Crippen LogP contribution in [0.4, 0.5) is 16.5 Å². The number of fused-ring (bicyclic) bond motifs is 1. The number of ether oxygens (including phenoxy) is 1. The number of aromatic nitrogens is 1. The monoisotopic (exact) mass is 481 g/mol. The van der Waals surface area contributed by atoms with Crippen LogP contribution in [-0.4, -0.2) is 67.3 Å². The number of nitrogens with one attached hydrogen (secondary N) is 2. The van der Waals surface area contributed by atoms with Crippen LogP contribution >= 0.6 is 11.3 Å². The van der Waals surface area contributed by atoms with Crippen LogP contribution in [0.5, 0.6) is 0 Å². The highest BCUT2D eigenvalue weighted by Crippen LogP contribution is 2.30. The Labute approximate surface area is 206 Å². The van der Waals surface area contributed by atoms with Crippen molar-refractivity contribution in [3.63, 3.8) is 0 Å². The van der Waals surface area contributed by atoms with Crippen molar-refractivity contribution in [1.29, 1.82) is 0 Å². The predicted octanol–water partition coefficient (Wildman–Crippen LogP) is 4.73. The Morgan fingerprint density at radius 1 is 1.09 bits per heavy atom. The fraction of sp³-hybridized carbons (Fsp3) is 0.462. The van der Waals surface area contributed by atoms with Crippen molar-refractivity contribution in [2.45, 2.75) is 39.8 Å². The van der Waals surface area contributed by atoms with Gasteiger partial charge in [0.1, 0.15) is 0 Å². The molecule has 1 aliphatic rings. The minimum absolute atomic E-state index is 0.0454. The molecule has 1 saturated heterocycles. The summed E-state index contributed by atoms with van der Waals surface area (Å²) in [5, 5.41) is 7.27. The molecule has 1 fully saturated rings. The van der Waals surface area contributed by atoms with Gasteiger partial charge in [-0.25, -0.2) is 4.98 Å². The third-order valence-electron chi connectivity index (χ3n) is 6.13. The number of thiazole rings is 1. The molecule has 0 atom stereocenters. The number of hydrogen-bond acceptors (Lipinski definition) is 7. The molecule has 0 saturated carbocycles. The first-order chi connectivity index (χ1) is 16.4. The van der Waals surface area contributed by atoms with E-state index in [0.29, 0.717) is 24.2 Å². The van der Waals surface area contributed by atoms with Gasteiger partial charge in [-0.1, -0.05) is 11.3 Å². The highest BCUT2D eigenvalue weighted by atomic mass is 32.1. The second kappa shape index (κ2) is 11.2. The van der Waals surface area contributed by atoms with Gasteiger partial charge in [-0.3, -0.25) is 9.69 Å². The van der Waals surface area contributed by atoms with Crippen LogP contribution in [-0.2, 0) is 4.74 Å². The number of carbonyl (C=O) groups is 1. The number of anilines is 3. The zero-order valence-electron chi connectivity index (χ0n) is 20.5. The van der Waals surface area contributed by atoms with Gasteiger partial charge in [-0.05, 0) is 70.2 Å². The number of hydrogen-bond donors (Lipinski definition) is 2. The van der Waals surface area contributed by atoms with Crippen molar-refractivity contribution in [1.82, 2.24) is 15.2 Å². The fourth-order valence-electron chi connectivity index (χ4n) is 4.33. The van der Waals surface area contributed by atoms with Gasteiger partial charge in [0.15, 0.2) is 5.13 Å². The molecule has 182 valence electrons. The first-order valence-electron chi connectivity index (χ1n) is 12.0. The van der Waals surface area contributed by atoms with E-state index in [4.69, 9.17) is 4.74 Å². The van der Waals surface area contributed by atoms with E-state index in [0.717, 1.165) is 53.9 Å². The van der Waals surface area contributed by atoms with Crippen molar-refractivity contribution < 1.29 is 9.53 Å². The van der Waals surface area contributed by atoms with E-state index in [-0.39, 0.29) is 5.91 Å².